The van der Waals surface area contributed by atoms with Crippen LogP contribution in [0.1, 0.15) is 30.7 Å². The molecule has 1 amide bonds. The molecule has 0 spiro atoms. The van der Waals surface area contributed by atoms with Crippen LogP contribution in [-0.2, 0) is 4.79 Å². The molecule has 2 aromatic carbocycles. The normalized spacial score (nSPS) is 14.6. The van der Waals surface area contributed by atoms with Crippen molar-refractivity contribution in [1.82, 2.24) is 4.98 Å². The highest BCUT2D eigenvalue weighted by atomic mass is 16.5. The van der Waals surface area contributed by atoms with Crippen molar-refractivity contribution in [2.75, 3.05) is 19.5 Å². The number of oxazole rings is 1. The first-order valence-electron chi connectivity index (χ1n) is 9.22. The van der Waals surface area contributed by atoms with E-state index >= 15 is 0 Å². The molecule has 1 aliphatic carbocycles. The van der Waals surface area contributed by atoms with Gasteiger partial charge in [-0.3, -0.25) is 9.78 Å². The number of benzene rings is 2. The number of anilines is 1. The first-order chi connectivity index (χ1) is 13.6. The number of aromatic nitrogens is 1. The van der Waals surface area contributed by atoms with Crippen molar-refractivity contribution in [3.63, 3.8) is 0 Å². The highest BCUT2D eigenvalue weighted by Gasteiger charge is 2.34. The smallest absolute Gasteiger partial charge is 0.417 e. The van der Waals surface area contributed by atoms with Gasteiger partial charge < -0.3 is 19.2 Å². The SMILES string of the molecule is COc1ccc(C(CC(=O)Nc2ccc3oc(=O)[nH]c3c2)C2CC2)cc1OC. The Morgan fingerprint density at radius 3 is 2.68 bits per heavy atom. The summed E-state index contributed by atoms with van der Waals surface area (Å²) in [5.74, 6) is 1.37. The zero-order valence-corrected chi connectivity index (χ0v) is 15.8. The molecule has 4 rings (SSSR count). The highest BCUT2D eigenvalue weighted by molar-refractivity contribution is 5.93. The van der Waals surface area contributed by atoms with E-state index in [-0.39, 0.29) is 11.8 Å². The molecule has 0 aliphatic heterocycles. The third-order valence-corrected chi connectivity index (χ3v) is 5.13. The van der Waals surface area contributed by atoms with Gasteiger partial charge in [0.25, 0.3) is 0 Å². The average Bonchev–Trinajstić information content (AvgIpc) is 3.46. The van der Waals surface area contributed by atoms with Crippen LogP contribution >= 0.6 is 0 Å². The zero-order chi connectivity index (χ0) is 19.7. The maximum atomic E-state index is 12.7. The van der Waals surface area contributed by atoms with E-state index in [1.807, 2.05) is 18.2 Å². The second-order valence-corrected chi connectivity index (χ2v) is 7.04. The van der Waals surface area contributed by atoms with Crippen molar-refractivity contribution in [2.45, 2.75) is 25.2 Å². The van der Waals surface area contributed by atoms with Crippen LogP contribution in [-0.4, -0.2) is 25.1 Å². The summed E-state index contributed by atoms with van der Waals surface area (Å²) in [4.78, 5) is 26.6. The molecule has 7 heteroatoms. The van der Waals surface area contributed by atoms with E-state index in [1.165, 1.54) is 0 Å². The largest absolute Gasteiger partial charge is 0.493 e. The summed E-state index contributed by atoms with van der Waals surface area (Å²) >= 11 is 0. The van der Waals surface area contributed by atoms with Gasteiger partial charge in [0.15, 0.2) is 17.1 Å². The van der Waals surface area contributed by atoms with Gasteiger partial charge in [0, 0.05) is 12.1 Å². The van der Waals surface area contributed by atoms with Crippen molar-refractivity contribution in [3.05, 3.63) is 52.5 Å². The molecule has 0 radical (unpaired) electrons. The van der Waals surface area contributed by atoms with E-state index < -0.39 is 5.76 Å². The molecular formula is C21H22N2O5. The number of amides is 1. The zero-order valence-electron chi connectivity index (χ0n) is 15.8. The summed E-state index contributed by atoms with van der Waals surface area (Å²) in [6, 6.07) is 10.9. The number of ether oxygens (including phenoxy) is 2. The van der Waals surface area contributed by atoms with E-state index in [2.05, 4.69) is 10.3 Å². The van der Waals surface area contributed by atoms with E-state index in [9.17, 15) is 9.59 Å². The van der Waals surface area contributed by atoms with Gasteiger partial charge in [0.2, 0.25) is 5.91 Å². The Morgan fingerprint density at radius 1 is 1.18 bits per heavy atom. The van der Waals surface area contributed by atoms with Crippen molar-refractivity contribution >= 4 is 22.7 Å². The summed E-state index contributed by atoms with van der Waals surface area (Å²) in [7, 11) is 3.21. The van der Waals surface area contributed by atoms with Gasteiger partial charge in [-0.1, -0.05) is 6.07 Å². The van der Waals surface area contributed by atoms with Crippen molar-refractivity contribution < 1.29 is 18.7 Å². The van der Waals surface area contributed by atoms with E-state index in [1.54, 1.807) is 32.4 Å². The monoisotopic (exact) mass is 382 g/mol. The van der Waals surface area contributed by atoms with Gasteiger partial charge in [0.05, 0.1) is 19.7 Å². The number of hydrogen-bond donors (Lipinski definition) is 2. The maximum absolute atomic E-state index is 12.7. The Kier molecular flexibility index (Phi) is 4.81. The first kappa shape index (κ1) is 18.2. The fraction of sp³-hybridized carbons (Fsp3) is 0.333. The average molecular weight is 382 g/mol. The second-order valence-electron chi connectivity index (χ2n) is 7.04. The fourth-order valence-electron chi connectivity index (χ4n) is 3.58. The second kappa shape index (κ2) is 7.42. The molecular weight excluding hydrogens is 360 g/mol. The number of rotatable bonds is 7. The molecule has 146 valence electrons. The Balaban J connectivity index is 1.51. The lowest BCUT2D eigenvalue weighted by atomic mass is 9.90. The quantitative estimate of drug-likeness (QED) is 0.650. The van der Waals surface area contributed by atoms with Crippen molar-refractivity contribution in [3.8, 4) is 11.5 Å². The predicted molar refractivity (Wildman–Crippen MR) is 105 cm³/mol. The van der Waals surface area contributed by atoms with Gasteiger partial charge in [-0.2, -0.15) is 0 Å². The number of aromatic amines is 1. The molecule has 1 unspecified atom stereocenters. The number of nitrogens with one attached hydrogen (secondary N) is 2. The molecule has 1 atom stereocenters. The molecule has 28 heavy (non-hydrogen) atoms. The Bertz CT molecular complexity index is 1060. The van der Waals surface area contributed by atoms with E-state index in [0.29, 0.717) is 40.6 Å². The van der Waals surface area contributed by atoms with Crippen LogP contribution in [0.15, 0.2) is 45.6 Å². The van der Waals surface area contributed by atoms with Crippen LogP contribution in [0, 0.1) is 5.92 Å². The predicted octanol–water partition coefficient (Wildman–Crippen LogP) is 3.66. The van der Waals surface area contributed by atoms with E-state index in [0.717, 1.165) is 18.4 Å². The Hall–Kier alpha value is -3.22. The van der Waals surface area contributed by atoms with E-state index in [4.69, 9.17) is 13.9 Å². The lowest BCUT2D eigenvalue weighted by Gasteiger charge is -2.18. The van der Waals surface area contributed by atoms with Gasteiger partial charge in [-0.25, -0.2) is 4.79 Å². The standard InChI is InChI=1S/C21H22N2O5/c1-26-18-7-5-13(9-19(18)27-2)15(12-3-4-12)11-20(24)22-14-6-8-17-16(10-14)23-21(25)28-17/h5-10,12,15H,3-4,11H2,1-2H3,(H,22,24)(H,23,25). The molecule has 1 saturated carbocycles. The van der Waals surface area contributed by atoms with Gasteiger partial charge in [0.1, 0.15) is 0 Å². The molecule has 1 fully saturated rings. The third-order valence-electron chi connectivity index (χ3n) is 5.13. The summed E-state index contributed by atoms with van der Waals surface area (Å²) in [6.45, 7) is 0. The Morgan fingerprint density at radius 2 is 1.96 bits per heavy atom. The van der Waals surface area contributed by atoms with Crippen molar-refractivity contribution in [1.29, 1.82) is 0 Å². The lowest BCUT2D eigenvalue weighted by molar-refractivity contribution is -0.116. The molecule has 1 aromatic heterocycles. The van der Waals surface area contributed by atoms with Gasteiger partial charge in [-0.05, 0) is 60.6 Å². The highest BCUT2D eigenvalue weighted by Crippen LogP contribution is 2.46. The molecule has 1 heterocycles. The van der Waals surface area contributed by atoms with Crippen LogP contribution in [0.2, 0.25) is 0 Å². The first-order valence-corrected chi connectivity index (χ1v) is 9.22. The number of carbonyl (C=O) groups is 1. The maximum Gasteiger partial charge on any atom is 0.417 e. The topological polar surface area (TPSA) is 93.6 Å². The van der Waals surface area contributed by atoms with Crippen molar-refractivity contribution in [2.24, 2.45) is 5.92 Å². The summed E-state index contributed by atoms with van der Waals surface area (Å²) in [5.41, 5.74) is 2.71. The number of hydrogen-bond acceptors (Lipinski definition) is 5. The third kappa shape index (κ3) is 3.74. The molecule has 2 N–H and O–H groups in total. The molecule has 7 nitrogen and oxygen atoms in total. The minimum atomic E-state index is -0.513. The summed E-state index contributed by atoms with van der Waals surface area (Å²) in [5, 5.41) is 2.92. The fourth-order valence-corrected chi connectivity index (χ4v) is 3.58. The van der Waals surface area contributed by atoms with Gasteiger partial charge >= 0.3 is 5.76 Å². The minimum Gasteiger partial charge on any atom is -0.493 e. The van der Waals surface area contributed by atoms with Crippen LogP contribution < -0.4 is 20.5 Å². The molecule has 0 saturated heterocycles. The van der Waals surface area contributed by atoms with Crippen LogP contribution in [0.5, 0.6) is 11.5 Å². The number of fused-ring (bicyclic) bond motifs is 1. The van der Waals surface area contributed by atoms with Crippen LogP contribution in [0.25, 0.3) is 11.1 Å². The van der Waals surface area contributed by atoms with Crippen LogP contribution in [0.3, 0.4) is 0 Å². The number of methoxy groups -OCH3 is 2. The number of carbonyl (C=O) groups excluding carboxylic acids is 1. The molecule has 3 aromatic rings. The Labute approximate surface area is 161 Å². The van der Waals surface area contributed by atoms with Gasteiger partial charge in [-0.15, -0.1) is 0 Å². The minimum absolute atomic E-state index is 0.0723. The summed E-state index contributed by atoms with van der Waals surface area (Å²) < 4.78 is 15.7. The summed E-state index contributed by atoms with van der Waals surface area (Å²) in [6.07, 6.45) is 2.61. The van der Waals surface area contributed by atoms with Crippen LogP contribution in [0.4, 0.5) is 5.69 Å². The lowest BCUT2D eigenvalue weighted by Crippen LogP contribution is -2.17. The molecule has 0 bridgehead atoms. The number of H-pyrrole nitrogens is 1. The molecule has 1 aliphatic rings.